The van der Waals surface area contributed by atoms with E-state index in [1.54, 1.807) is 13.8 Å². The van der Waals surface area contributed by atoms with Crippen LogP contribution in [0.1, 0.15) is 13.8 Å². The number of nitrogens with two attached hydrogens (primary N) is 1. The van der Waals surface area contributed by atoms with E-state index in [4.69, 9.17) is 21.5 Å². The van der Waals surface area contributed by atoms with Crippen LogP contribution in [0.4, 0.5) is 5.69 Å². The van der Waals surface area contributed by atoms with Crippen LogP contribution in [0.2, 0.25) is 5.02 Å². The molecular formula is C11H15ClN2O4S. The first-order valence-corrected chi connectivity index (χ1v) is 7.36. The van der Waals surface area contributed by atoms with Crippen molar-refractivity contribution in [2.75, 3.05) is 11.9 Å². The number of benzene rings is 1. The van der Waals surface area contributed by atoms with Crippen molar-refractivity contribution < 1.29 is 17.9 Å². The van der Waals surface area contributed by atoms with Gasteiger partial charge in [0.1, 0.15) is 6.61 Å². The molecule has 0 aromatic heterocycles. The molecule has 6 nitrogen and oxygen atoms in total. The second-order valence-electron chi connectivity index (χ2n) is 4.09. The molecule has 0 atom stereocenters. The lowest BCUT2D eigenvalue weighted by Gasteiger charge is -2.10. The highest BCUT2D eigenvalue weighted by molar-refractivity contribution is 7.89. The molecule has 0 saturated heterocycles. The topological polar surface area (TPSA) is 98.5 Å². The van der Waals surface area contributed by atoms with Crippen molar-refractivity contribution in [2.45, 2.75) is 24.8 Å². The van der Waals surface area contributed by atoms with E-state index in [1.807, 2.05) is 0 Å². The van der Waals surface area contributed by atoms with Crippen molar-refractivity contribution in [1.82, 2.24) is 0 Å². The SMILES string of the molecule is CC(C)OCC(=O)Nc1cc(S(N)(=O)=O)ccc1Cl. The highest BCUT2D eigenvalue weighted by atomic mass is 35.5. The predicted molar refractivity (Wildman–Crippen MR) is 72.5 cm³/mol. The van der Waals surface area contributed by atoms with Gasteiger partial charge in [-0.3, -0.25) is 4.79 Å². The summed E-state index contributed by atoms with van der Waals surface area (Å²) in [5, 5.41) is 7.67. The Morgan fingerprint density at radius 2 is 2.11 bits per heavy atom. The second kappa shape index (κ2) is 6.33. The minimum absolute atomic E-state index is 0.0861. The molecule has 1 aromatic rings. The van der Waals surface area contributed by atoms with Crippen LogP contribution in [0, 0.1) is 0 Å². The van der Waals surface area contributed by atoms with Crippen molar-refractivity contribution in [1.29, 1.82) is 0 Å². The van der Waals surface area contributed by atoms with Gasteiger partial charge < -0.3 is 10.1 Å². The zero-order chi connectivity index (χ0) is 14.6. The number of nitrogens with one attached hydrogen (secondary N) is 1. The van der Waals surface area contributed by atoms with Crippen molar-refractivity contribution in [3.05, 3.63) is 23.2 Å². The summed E-state index contributed by atoms with van der Waals surface area (Å²) < 4.78 is 27.5. The number of amides is 1. The monoisotopic (exact) mass is 306 g/mol. The average molecular weight is 307 g/mol. The Hall–Kier alpha value is -1.15. The Labute approximate surface area is 116 Å². The molecule has 106 valence electrons. The summed E-state index contributed by atoms with van der Waals surface area (Å²) >= 11 is 5.86. The number of halogens is 1. The number of sulfonamides is 1. The van der Waals surface area contributed by atoms with Crippen molar-refractivity contribution in [3.63, 3.8) is 0 Å². The van der Waals surface area contributed by atoms with E-state index in [-0.39, 0.29) is 28.3 Å². The van der Waals surface area contributed by atoms with Gasteiger partial charge in [-0.05, 0) is 32.0 Å². The number of hydrogen-bond acceptors (Lipinski definition) is 4. The van der Waals surface area contributed by atoms with Gasteiger partial charge in [-0.15, -0.1) is 0 Å². The Bertz CT molecular complexity index is 572. The first-order chi connectivity index (χ1) is 8.70. The number of hydrogen-bond donors (Lipinski definition) is 2. The molecule has 3 N–H and O–H groups in total. The fraction of sp³-hybridized carbons (Fsp3) is 0.364. The summed E-state index contributed by atoms with van der Waals surface area (Å²) in [4.78, 5) is 11.4. The Morgan fingerprint density at radius 1 is 1.47 bits per heavy atom. The summed E-state index contributed by atoms with van der Waals surface area (Å²) in [5.41, 5.74) is 0.172. The first kappa shape index (κ1) is 15.9. The van der Waals surface area contributed by atoms with Crippen LogP contribution in [0.3, 0.4) is 0 Å². The molecule has 19 heavy (non-hydrogen) atoms. The maximum atomic E-state index is 11.6. The molecule has 1 aromatic carbocycles. The molecule has 1 rings (SSSR count). The predicted octanol–water partition coefficient (Wildman–Crippen LogP) is 1.35. The van der Waals surface area contributed by atoms with Gasteiger partial charge in [-0.2, -0.15) is 0 Å². The summed E-state index contributed by atoms with van der Waals surface area (Å²) in [5.74, 6) is -0.429. The highest BCUT2D eigenvalue weighted by Crippen LogP contribution is 2.24. The van der Waals surface area contributed by atoms with E-state index in [1.165, 1.54) is 18.2 Å². The third-order valence-corrected chi connectivity index (χ3v) is 3.33. The maximum absolute atomic E-state index is 11.6. The fourth-order valence-corrected chi connectivity index (χ4v) is 1.91. The van der Waals surface area contributed by atoms with Crippen LogP contribution in [-0.4, -0.2) is 27.0 Å². The molecule has 0 fully saturated rings. The Morgan fingerprint density at radius 3 is 2.63 bits per heavy atom. The Balaban J connectivity index is 2.86. The third kappa shape index (κ3) is 5.15. The molecule has 0 saturated carbocycles. The lowest BCUT2D eigenvalue weighted by atomic mass is 10.3. The molecule has 1 amide bonds. The lowest BCUT2D eigenvalue weighted by molar-refractivity contribution is -0.121. The van der Waals surface area contributed by atoms with Crippen LogP contribution >= 0.6 is 11.6 Å². The second-order valence-corrected chi connectivity index (χ2v) is 6.06. The molecule has 0 aliphatic rings. The van der Waals surface area contributed by atoms with Gasteiger partial charge in [0.15, 0.2) is 0 Å². The molecule has 0 aliphatic heterocycles. The van der Waals surface area contributed by atoms with E-state index in [2.05, 4.69) is 5.32 Å². The van der Waals surface area contributed by atoms with Gasteiger partial charge >= 0.3 is 0 Å². The number of carbonyl (C=O) groups is 1. The van der Waals surface area contributed by atoms with Crippen LogP contribution in [0.25, 0.3) is 0 Å². The molecule has 0 bridgehead atoms. The summed E-state index contributed by atoms with van der Waals surface area (Å²) in [6.45, 7) is 3.44. The van der Waals surface area contributed by atoms with Crippen LogP contribution in [-0.2, 0) is 19.6 Å². The van der Waals surface area contributed by atoms with E-state index in [9.17, 15) is 13.2 Å². The van der Waals surface area contributed by atoms with Gasteiger partial charge in [0.05, 0.1) is 21.7 Å². The molecular weight excluding hydrogens is 292 g/mol. The molecule has 0 unspecified atom stereocenters. The summed E-state index contributed by atoms with van der Waals surface area (Å²) in [7, 11) is -3.84. The van der Waals surface area contributed by atoms with Gasteiger partial charge in [0.2, 0.25) is 15.9 Å². The lowest BCUT2D eigenvalue weighted by Crippen LogP contribution is -2.21. The molecule has 0 aliphatic carbocycles. The number of anilines is 1. The number of carbonyl (C=O) groups excluding carboxylic acids is 1. The summed E-state index contributed by atoms with van der Waals surface area (Å²) in [6.07, 6.45) is -0.0861. The van der Waals surface area contributed by atoms with E-state index < -0.39 is 15.9 Å². The summed E-state index contributed by atoms with van der Waals surface area (Å²) in [6, 6.07) is 3.81. The Kier molecular flexibility index (Phi) is 5.30. The van der Waals surface area contributed by atoms with Gasteiger partial charge in [-0.25, -0.2) is 13.6 Å². The smallest absolute Gasteiger partial charge is 0.250 e. The van der Waals surface area contributed by atoms with E-state index >= 15 is 0 Å². The van der Waals surface area contributed by atoms with Gasteiger partial charge in [0, 0.05) is 0 Å². The standard InChI is InChI=1S/C11H15ClN2O4S/c1-7(2)18-6-11(15)14-10-5-8(19(13,16)17)3-4-9(10)12/h3-5,7H,6H2,1-2H3,(H,14,15)(H2,13,16,17). The number of rotatable bonds is 5. The number of primary sulfonamides is 1. The molecule has 0 heterocycles. The first-order valence-electron chi connectivity index (χ1n) is 5.44. The zero-order valence-electron chi connectivity index (χ0n) is 10.5. The third-order valence-electron chi connectivity index (χ3n) is 2.09. The quantitative estimate of drug-likeness (QED) is 0.857. The normalized spacial score (nSPS) is 11.6. The fourth-order valence-electron chi connectivity index (χ4n) is 1.21. The van der Waals surface area contributed by atoms with Crippen LogP contribution in [0.5, 0.6) is 0 Å². The number of ether oxygens (including phenoxy) is 1. The van der Waals surface area contributed by atoms with Gasteiger partial charge in [0.25, 0.3) is 0 Å². The van der Waals surface area contributed by atoms with Crippen molar-refractivity contribution in [3.8, 4) is 0 Å². The van der Waals surface area contributed by atoms with E-state index in [0.717, 1.165) is 0 Å². The van der Waals surface area contributed by atoms with E-state index in [0.29, 0.717) is 0 Å². The minimum Gasteiger partial charge on any atom is -0.369 e. The van der Waals surface area contributed by atoms with Crippen LogP contribution < -0.4 is 10.5 Å². The average Bonchev–Trinajstić information content (AvgIpc) is 2.28. The minimum atomic E-state index is -3.84. The van der Waals surface area contributed by atoms with Gasteiger partial charge in [-0.1, -0.05) is 11.6 Å². The largest absolute Gasteiger partial charge is 0.369 e. The van der Waals surface area contributed by atoms with Crippen molar-refractivity contribution >= 4 is 33.2 Å². The highest BCUT2D eigenvalue weighted by Gasteiger charge is 2.13. The molecule has 0 radical (unpaired) electrons. The molecule has 8 heteroatoms. The zero-order valence-corrected chi connectivity index (χ0v) is 12.1. The maximum Gasteiger partial charge on any atom is 0.250 e. The van der Waals surface area contributed by atoms with Crippen molar-refractivity contribution in [2.24, 2.45) is 5.14 Å². The molecule has 0 spiro atoms. The van der Waals surface area contributed by atoms with Crippen LogP contribution in [0.15, 0.2) is 23.1 Å².